The van der Waals surface area contributed by atoms with Crippen LogP contribution in [-0.4, -0.2) is 37.2 Å². The molecule has 1 aromatic carbocycles. The number of hydrogen-bond donors (Lipinski definition) is 2. The first kappa shape index (κ1) is 16.3. The Morgan fingerprint density at radius 3 is 2.82 bits per heavy atom. The molecule has 1 fully saturated rings. The topological polar surface area (TPSA) is 76.7 Å². The standard InChI is InChI=1S/C16H22N2O4/c1-11(2)22-13-7-4-3-6-12(13)18-15(19)10-17-16(20)14-8-5-9-21-14/h3-4,6-7,11,14H,5,8-10H2,1-2H3,(H,17,20)(H,18,19). The lowest BCUT2D eigenvalue weighted by molar-refractivity contribution is -0.131. The third-order valence-corrected chi connectivity index (χ3v) is 3.17. The summed E-state index contributed by atoms with van der Waals surface area (Å²) >= 11 is 0. The van der Waals surface area contributed by atoms with Crippen LogP contribution < -0.4 is 15.4 Å². The monoisotopic (exact) mass is 306 g/mol. The van der Waals surface area contributed by atoms with Crippen molar-refractivity contribution in [3.63, 3.8) is 0 Å². The Morgan fingerprint density at radius 2 is 2.14 bits per heavy atom. The van der Waals surface area contributed by atoms with Gasteiger partial charge in [0.2, 0.25) is 11.8 Å². The first-order valence-electron chi connectivity index (χ1n) is 7.51. The van der Waals surface area contributed by atoms with E-state index in [0.717, 1.165) is 6.42 Å². The van der Waals surface area contributed by atoms with Crippen molar-refractivity contribution in [1.29, 1.82) is 0 Å². The molecular weight excluding hydrogens is 284 g/mol. The molecular formula is C16H22N2O4. The molecule has 0 saturated carbocycles. The fraction of sp³-hybridized carbons (Fsp3) is 0.500. The second-order valence-corrected chi connectivity index (χ2v) is 5.43. The molecule has 2 rings (SSSR count). The third kappa shape index (κ3) is 4.73. The van der Waals surface area contributed by atoms with Gasteiger partial charge in [0.05, 0.1) is 18.3 Å². The van der Waals surface area contributed by atoms with Crippen LogP contribution in [0.25, 0.3) is 0 Å². The molecule has 6 nitrogen and oxygen atoms in total. The van der Waals surface area contributed by atoms with Crippen LogP contribution in [0, 0.1) is 0 Å². The van der Waals surface area contributed by atoms with E-state index in [1.807, 2.05) is 26.0 Å². The highest BCUT2D eigenvalue weighted by Crippen LogP contribution is 2.24. The van der Waals surface area contributed by atoms with Crippen LogP contribution >= 0.6 is 0 Å². The quantitative estimate of drug-likeness (QED) is 0.839. The lowest BCUT2D eigenvalue weighted by atomic mass is 10.2. The average molecular weight is 306 g/mol. The van der Waals surface area contributed by atoms with Gasteiger partial charge < -0.3 is 20.1 Å². The predicted octanol–water partition coefficient (Wildman–Crippen LogP) is 1.71. The van der Waals surface area contributed by atoms with E-state index in [2.05, 4.69) is 10.6 Å². The van der Waals surface area contributed by atoms with Gasteiger partial charge >= 0.3 is 0 Å². The van der Waals surface area contributed by atoms with Gasteiger partial charge in [0.25, 0.3) is 0 Å². The highest BCUT2D eigenvalue weighted by Gasteiger charge is 2.23. The molecule has 0 spiro atoms. The number of benzene rings is 1. The summed E-state index contributed by atoms with van der Waals surface area (Å²) in [6, 6.07) is 7.21. The SMILES string of the molecule is CC(C)Oc1ccccc1NC(=O)CNC(=O)C1CCCO1. The highest BCUT2D eigenvalue weighted by atomic mass is 16.5. The van der Waals surface area contributed by atoms with Crippen molar-refractivity contribution in [1.82, 2.24) is 5.32 Å². The third-order valence-electron chi connectivity index (χ3n) is 3.17. The van der Waals surface area contributed by atoms with E-state index < -0.39 is 6.10 Å². The minimum atomic E-state index is -0.427. The molecule has 1 saturated heterocycles. The molecule has 1 atom stereocenters. The molecule has 0 bridgehead atoms. The summed E-state index contributed by atoms with van der Waals surface area (Å²) in [7, 11) is 0. The van der Waals surface area contributed by atoms with Gasteiger partial charge in [-0.25, -0.2) is 0 Å². The van der Waals surface area contributed by atoms with Crippen LogP contribution in [0.2, 0.25) is 0 Å². The number of amides is 2. The number of ether oxygens (including phenoxy) is 2. The smallest absolute Gasteiger partial charge is 0.249 e. The van der Waals surface area contributed by atoms with Gasteiger partial charge in [-0.1, -0.05) is 12.1 Å². The van der Waals surface area contributed by atoms with E-state index in [9.17, 15) is 9.59 Å². The molecule has 1 heterocycles. The van der Waals surface area contributed by atoms with Crippen molar-refractivity contribution < 1.29 is 19.1 Å². The molecule has 6 heteroatoms. The zero-order chi connectivity index (χ0) is 15.9. The van der Waals surface area contributed by atoms with Crippen molar-refractivity contribution in [2.24, 2.45) is 0 Å². The van der Waals surface area contributed by atoms with E-state index in [4.69, 9.17) is 9.47 Å². The van der Waals surface area contributed by atoms with Crippen molar-refractivity contribution in [2.75, 3.05) is 18.5 Å². The fourth-order valence-electron chi connectivity index (χ4n) is 2.19. The summed E-state index contributed by atoms with van der Waals surface area (Å²) < 4.78 is 10.9. The molecule has 1 aliphatic rings. The first-order chi connectivity index (χ1) is 10.6. The summed E-state index contributed by atoms with van der Waals surface area (Å²) in [6.45, 7) is 4.35. The summed E-state index contributed by atoms with van der Waals surface area (Å²) in [5.41, 5.74) is 0.590. The summed E-state index contributed by atoms with van der Waals surface area (Å²) in [6.07, 6.45) is 1.17. The zero-order valence-corrected chi connectivity index (χ0v) is 12.9. The number of carbonyl (C=O) groups is 2. The van der Waals surface area contributed by atoms with Crippen molar-refractivity contribution >= 4 is 17.5 Å². The zero-order valence-electron chi connectivity index (χ0n) is 12.9. The second kappa shape index (κ2) is 7.79. The molecule has 2 N–H and O–H groups in total. The van der Waals surface area contributed by atoms with Gasteiger partial charge in [-0.3, -0.25) is 9.59 Å². The number of carbonyl (C=O) groups excluding carboxylic acids is 2. The summed E-state index contributed by atoms with van der Waals surface area (Å²) in [5, 5.41) is 5.33. The fourth-order valence-corrected chi connectivity index (χ4v) is 2.19. The van der Waals surface area contributed by atoms with Gasteiger partial charge in [0.1, 0.15) is 11.9 Å². The summed E-state index contributed by atoms with van der Waals surface area (Å²) in [5.74, 6) is 0.0711. The van der Waals surface area contributed by atoms with Gasteiger partial charge in [0.15, 0.2) is 0 Å². The Hall–Kier alpha value is -2.08. The highest BCUT2D eigenvalue weighted by molar-refractivity contribution is 5.96. The van der Waals surface area contributed by atoms with E-state index in [1.165, 1.54) is 0 Å². The van der Waals surface area contributed by atoms with Crippen LogP contribution in [0.15, 0.2) is 24.3 Å². The Labute approximate surface area is 130 Å². The average Bonchev–Trinajstić information content (AvgIpc) is 3.00. The minimum Gasteiger partial charge on any atom is -0.489 e. The molecule has 0 aliphatic carbocycles. The number of hydrogen-bond acceptors (Lipinski definition) is 4. The predicted molar refractivity (Wildman–Crippen MR) is 82.8 cm³/mol. The maximum Gasteiger partial charge on any atom is 0.249 e. The molecule has 120 valence electrons. The van der Waals surface area contributed by atoms with Gasteiger partial charge in [0, 0.05) is 6.61 Å². The van der Waals surface area contributed by atoms with Gasteiger partial charge in [-0.2, -0.15) is 0 Å². The lowest BCUT2D eigenvalue weighted by Gasteiger charge is -2.15. The van der Waals surface area contributed by atoms with Gasteiger partial charge in [-0.15, -0.1) is 0 Å². The Balaban J connectivity index is 1.85. The van der Waals surface area contributed by atoms with Crippen LogP contribution in [-0.2, 0) is 14.3 Å². The number of para-hydroxylation sites is 2. The van der Waals surface area contributed by atoms with Crippen molar-refractivity contribution in [2.45, 2.75) is 38.9 Å². The molecule has 22 heavy (non-hydrogen) atoms. The lowest BCUT2D eigenvalue weighted by Crippen LogP contribution is -2.39. The van der Waals surface area contributed by atoms with Crippen molar-refractivity contribution in [3.8, 4) is 5.75 Å². The number of anilines is 1. The van der Waals surface area contributed by atoms with E-state index >= 15 is 0 Å². The maximum atomic E-state index is 11.9. The molecule has 1 unspecified atom stereocenters. The first-order valence-corrected chi connectivity index (χ1v) is 7.51. The number of rotatable bonds is 6. The molecule has 2 amide bonds. The van der Waals surface area contributed by atoms with Gasteiger partial charge in [-0.05, 0) is 38.8 Å². The van der Waals surface area contributed by atoms with E-state index in [1.54, 1.807) is 12.1 Å². The van der Waals surface area contributed by atoms with Crippen LogP contribution in [0.4, 0.5) is 5.69 Å². The Kier molecular flexibility index (Phi) is 5.77. The van der Waals surface area contributed by atoms with Crippen LogP contribution in [0.3, 0.4) is 0 Å². The largest absolute Gasteiger partial charge is 0.489 e. The van der Waals surface area contributed by atoms with E-state index in [-0.39, 0.29) is 24.5 Å². The molecule has 0 radical (unpaired) electrons. The molecule has 1 aliphatic heterocycles. The second-order valence-electron chi connectivity index (χ2n) is 5.43. The van der Waals surface area contributed by atoms with Crippen molar-refractivity contribution in [3.05, 3.63) is 24.3 Å². The van der Waals surface area contributed by atoms with Crippen LogP contribution in [0.1, 0.15) is 26.7 Å². The number of nitrogens with one attached hydrogen (secondary N) is 2. The van der Waals surface area contributed by atoms with E-state index in [0.29, 0.717) is 24.5 Å². The summed E-state index contributed by atoms with van der Waals surface area (Å²) in [4.78, 5) is 23.7. The Bertz CT molecular complexity index is 525. The molecule has 1 aromatic rings. The Morgan fingerprint density at radius 1 is 1.36 bits per heavy atom. The molecule has 0 aromatic heterocycles. The maximum absolute atomic E-state index is 11.9. The minimum absolute atomic E-state index is 0.0114. The van der Waals surface area contributed by atoms with Crippen LogP contribution in [0.5, 0.6) is 5.75 Å². The normalized spacial score (nSPS) is 17.3.